The number of halogens is 3. The van der Waals surface area contributed by atoms with Gasteiger partial charge < -0.3 is 0 Å². The quantitative estimate of drug-likeness (QED) is 0.358. The van der Waals surface area contributed by atoms with Gasteiger partial charge in [-0.2, -0.15) is 0 Å². The molecule has 1 saturated heterocycles. The van der Waals surface area contributed by atoms with E-state index in [-0.39, 0.29) is 0 Å². The molecule has 25 heavy (non-hydrogen) atoms. The molecule has 0 spiro atoms. The zero-order chi connectivity index (χ0) is 18.3. The van der Waals surface area contributed by atoms with Gasteiger partial charge in [0.25, 0.3) is 0 Å². The van der Waals surface area contributed by atoms with E-state index < -0.39 is 9.84 Å². The van der Waals surface area contributed by atoms with Crippen molar-refractivity contribution >= 4 is 70.9 Å². The highest BCUT2D eigenvalue weighted by molar-refractivity contribution is 14.1. The summed E-state index contributed by atoms with van der Waals surface area (Å²) < 4.78 is 25.0. The predicted molar refractivity (Wildman–Crippen MR) is 125 cm³/mol. The lowest BCUT2D eigenvalue weighted by atomic mass is 10.2. The van der Waals surface area contributed by atoms with Gasteiger partial charge in [-0.25, -0.2) is 8.42 Å². The van der Waals surface area contributed by atoms with Crippen LogP contribution in [0.3, 0.4) is 0 Å². The highest BCUT2D eigenvalue weighted by Crippen LogP contribution is 2.12. The molecule has 1 heterocycles. The molecule has 1 aliphatic heterocycles. The summed E-state index contributed by atoms with van der Waals surface area (Å²) in [4.78, 5) is 2.20. The van der Waals surface area contributed by atoms with Crippen molar-refractivity contribution in [2.45, 2.75) is 11.9 Å². The topological polar surface area (TPSA) is 37.4 Å². The van der Waals surface area contributed by atoms with Crippen LogP contribution in [0, 0.1) is 7.14 Å². The molecule has 0 radical (unpaired) electrons. The van der Waals surface area contributed by atoms with Crippen molar-refractivity contribution in [1.82, 2.24) is 4.90 Å². The Bertz CT molecular complexity index is 751. The number of hydrogen-bond donors (Lipinski definition) is 0. The number of alkyl halides is 1. The molecule has 3 rings (SSSR count). The molecule has 0 saturated carbocycles. The fourth-order valence-electron chi connectivity index (χ4n) is 2.33. The van der Waals surface area contributed by atoms with Crippen LogP contribution in [0.5, 0.6) is 0 Å². The smallest absolute Gasteiger partial charge is 0.152 e. The van der Waals surface area contributed by atoms with Crippen molar-refractivity contribution in [3.63, 3.8) is 0 Å². The molecule has 2 aromatic carbocycles. The van der Waals surface area contributed by atoms with Gasteiger partial charge in [0.1, 0.15) is 0 Å². The van der Waals surface area contributed by atoms with E-state index in [0.717, 1.165) is 11.9 Å². The molecule has 1 aliphatic rings. The van der Waals surface area contributed by atoms with E-state index in [2.05, 4.69) is 115 Å². The van der Waals surface area contributed by atoms with Crippen molar-refractivity contribution in [1.29, 1.82) is 0 Å². The first kappa shape index (κ1) is 21.6. The molecule has 3 nitrogen and oxygen atoms in total. The number of sulfone groups is 1. The Morgan fingerprint density at radius 2 is 1.28 bits per heavy atom. The zero-order valence-electron chi connectivity index (χ0n) is 13.7. The van der Waals surface area contributed by atoms with E-state index in [4.69, 9.17) is 0 Å². The molecule has 1 fully saturated rings. The third kappa shape index (κ3) is 8.23. The van der Waals surface area contributed by atoms with Crippen LogP contribution in [0.25, 0.3) is 0 Å². The Morgan fingerprint density at radius 3 is 1.72 bits per heavy atom. The van der Waals surface area contributed by atoms with Gasteiger partial charge in [0.15, 0.2) is 9.84 Å². The first-order valence-corrected chi connectivity index (χ1v) is 13.0. The van der Waals surface area contributed by atoms with Gasteiger partial charge in [0.2, 0.25) is 0 Å². The van der Waals surface area contributed by atoms with Crippen LogP contribution in [-0.4, -0.2) is 37.9 Å². The fraction of sp³-hybridized carbons (Fsp3) is 0.333. The number of benzene rings is 2. The predicted octanol–water partition coefficient (Wildman–Crippen LogP) is 4.71. The van der Waals surface area contributed by atoms with E-state index in [1.807, 2.05) is 0 Å². The van der Waals surface area contributed by atoms with E-state index in [9.17, 15) is 8.42 Å². The van der Waals surface area contributed by atoms with E-state index in [0.29, 0.717) is 24.6 Å². The second kappa shape index (κ2) is 10.6. The summed E-state index contributed by atoms with van der Waals surface area (Å²) in [5.74, 6) is 0.606. The maximum Gasteiger partial charge on any atom is 0.152 e. The maximum atomic E-state index is 11.3. The maximum absolute atomic E-state index is 11.3. The lowest BCUT2D eigenvalue weighted by molar-refractivity contribution is 0.287. The Labute approximate surface area is 185 Å². The van der Waals surface area contributed by atoms with Crippen molar-refractivity contribution < 1.29 is 8.42 Å². The molecule has 0 N–H and O–H groups in total. The number of hydrogen-bond acceptors (Lipinski definition) is 3. The summed E-state index contributed by atoms with van der Waals surface area (Å²) in [5.41, 5.74) is 2.58. The third-order valence-corrected chi connectivity index (χ3v) is 7.52. The minimum absolute atomic E-state index is 0.303. The molecule has 0 atom stereocenters. The minimum Gasteiger partial charge on any atom is -0.297 e. The summed E-state index contributed by atoms with van der Waals surface area (Å²) in [7, 11) is -2.76. The van der Waals surface area contributed by atoms with Crippen LogP contribution in [0.4, 0.5) is 0 Å². The summed E-state index contributed by atoms with van der Waals surface area (Å²) >= 11 is 7.96. The highest BCUT2D eigenvalue weighted by atomic mass is 127. The van der Waals surface area contributed by atoms with Crippen molar-refractivity contribution in [3.8, 4) is 0 Å². The van der Waals surface area contributed by atoms with Crippen molar-refractivity contribution in [2.75, 3.05) is 24.6 Å². The first-order valence-electron chi connectivity index (χ1n) is 7.85. The Balaban J connectivity index is 0.000000212. The molecule has 0 aliphatic carbocycles. The molecule has 0 bridgehead atoms. The van der Waals surface area contributed by atoms with E-state index in [1.54, 1.807) is 0 Å². The molecule has 136 valence electrons. The van der Waals surface area contributed by atoms with Gasteiger partial charge >= 0.3 is 0 Å². The highest BCUT2D eigenvalue weighted by Gasteiger charge is 2.21. The van der Waals surface area contributed by atoms with Gasteiger partial charge in [0, 0.05) is 32.1 Å². The summed E-state index contributed by atoms with van der Waals surface area (Å²) in [5, 5.41) is 0.948. The SMILES string of the molecule is BrCc1ccc(I)cc1.O=S1(=O)CCN(Cc2ccc(I)cc2)CC1. The Kier molecular flexibility index (Phi) is 9.14. The lowest BCUT2D eigenvalue weighted by Crippen LogP contribution is -2.39. The van der Waals surface area contributed by atoms with Gasteiger partial charge in [-0.1, -0.05) is 40.2 Å². The lowest BCUT2D eigenvalue weighted by Gasteiger charge is -2.26. The van der Waals surface area contributed by atoms with Crippen LogP contribution in [0.1, 0.15) is 11.1 Å². The Hall–Kier alpha value is 0.290. The zero-order valence-corrected chi connectivity index (χ0v) is 20.4. The minimum atomic E-state index is -2.76. The van der Waals surface area contributed by atoms with Crippen LogP contribution in [-0.2, 0) is 21.7 Å². The largest absolute Gasteiger partial charge is 0.297 e. The van der Waals surface area contributed by atoms with E-state index in [1.165, 1.54) is 18.3 Å². The van der Waals surface area contributed by atoms with Crippen LogP contribution >= 0.6 is 61.1 Å². The molecule has 2 aromatic rings. The molecule has 7 heteroatoms. The summed E-state index contributed by atoms with van der Waals surface area (Å²) in [6, 6.07) is 16.8. The number of nitrogens with zero attached hydrogens (tertiary/aromatic N) is 1. The van der Waals surface area contributed by atoms with Crippen LogP contribution < -0.4 is 0 Å². The first-order chi connectivity index (χ1) is 11.9. The third-order valence-electron chi connectivity index (χ3n) is 3.82. The molecule has 0 aromatic heterocycles. The van der Waals surface area contributed by atoms with Crippen molar-refractivity contribution in [2.24, 2.45) is 0 Å². The van der Waals surface area contributed by atoms with Crippen LogP contribution in [0.2, 0.25) is 0 Å². The van der Waals surface area contributed by atoms with Gasteiger partial charge in [-0.3, -0.25) is 4.90 Å². The van der Waals surface area contributed by atoms with Gasteiger partial charge in [0.05, 0.1) is 11.5 Å². The Morgan fingerprint density at radius 1 is 0.840 bits per heavy atom. The average molecular weight is 648 g/mol. The molecular formula is C18H20BrI2NO2S. The number of rotatable bonds is 3. The molecule has 0 amide bonds. The molecular weight excluding hydrogens is 628 g/mol. The van der Waals surface area contributed by atoms with Gasteiger partial charge in [-0.05, 0) is 80.6 Å². The normalized spacial score (nSPS) is 16.8. The molecule has 0 unspecified atom stereocenters. The standard InChI is InChI=1S/C11H14INO2S.C7H6BrI/c12-11-3-1-10(2-4-11)9-13-5-7-16(14,15)8-6-13;8-5-6-1-3-7(9)4-2-6/h1-4H,5-9H2;1-4H,5H2. The fourth-order valence-corrected chi connectivity index (χ4v) is 4.70. The second-order valence-corrected chi connectivity index (χ2v) is 11.2. The summed E-state index contributed by atoms with van der Waals surface area (Å²) in [6.45, 7) is 2.18. The monoisotopic (exact) mass is 647 g/mol. The summed E-state index contributed by atoms with van der Waals surface area (Å²) in [6.07, 6.45) is 0. The average Bonchev–Trinajstić information content (AvgIpc) is 2.60. The van der Waals surface area contributed by atoms with E-state index >= 15 is 0 Å². The van der Waals surface area contributed by atoms with Crippen LogP contribution in [0.15, 0.2) is 48.5 Å². The second-order valence-electron chi connectivity index (χ2n) is 5.81. The van der Waals surface area contributed by atoms with Crippen molar-refractivity contribution in [3.05, 3.63) is 66.8 Å². The van der Waals surface area contributed by atoms with Gasteiger partial charge in [-0.15, -0.1) is 0 Å².